The van der Waals surface area contributed by atoms with E-state index in [1.54, 1.807) is 0 Å². The molecule has 1 aliphatic rings. The van der Waals surface area contributed by atoms with Crippen molar-refractivity contribution in [3.05, 3.63) is 41.1 Å². The van der Waals surface area contributed by atoms with Gasteiger partial charge in [-0.3, -0.25) is 0 Å². The van der Waals surface area contributed by atoms with E-state index in [1.807, 2.05) is 57.1 Å². The Morgan fingerprint density at radius 1 is 1.23 bits per heavy atom. The minimum absolute atomic E-state index is 0.225. The molecule has 1 aromatic rings. The van der Waals surface area contributed by atoms with Crippen LogP contribution in [0.2, 0.25) is 0 Å². The van der Waals surface area contributed by atoms with E-state index in [-0.39, 0.29) is 18.1 Å². The zero-order valence-corrected chi connectivity index (χ0v) is 16.3. The average molecular weight is 359 g/mol. The van der Waals surface area contributed by atoms with Crippen molar-refractivity contribution in [3.63, 3.8) is 0 Å². The van der Waals surface area contributed by atoms with Crippen LogP contribution in [0, 0.1) is 0 Å². The average Bonchev–Trinajstić information content (AvgIpc) is 2.58. The summed E-state index contributed by atoms with van der Waals surface area (Å²) in [5, 5.41) is 5.67. The van der Waals surface area contributed by atoms with E-state index in [4.69, 9.17) is 4.74 Å². The number of amides is 2. The Morgan fingerprint density at radius 2 is 1.88 bits per heavy atom. The van der Waals surface area contributed by atoms with Crippen LogP contribution in [0.15, 0.2) is 35.5 Å². The number of anilines is 1. The highest BCUT2D eigenvalue weighted by atomic mass is 16.5. The van der Waals surface area contributed by atoms with Gasteiger partial charge in [0, 0.05) is 25.5 Å². The van der Waals surface area contributed by atoms with Crippen LogP contribution in [0.1, 0.15) is 51.6 Å². The highest BCUT2D eigenvalue weighted by molar-refractivity contribution is 5.95. The molecule has 0 saturated carbocycles. The Hall–Kier alpha value is -2.50. The Bertz CT molecular complexity index is 678. The number of esters is 1. The van der Waals surface area contributed by atoms with E-state index in [2.05, 4.69) is 17.6 Å². The molecule has 2 rings (SSSR count). The lowest BCUT2D eigenvalue weighted by Gasteiger charge is -2.30. The SMILES string of the molecule is CCCCC1=C(C(=O)OC(C)C)C(c2ccc(N(C)C)cc2)NC(=O)N1. The molecule has 0 aliphatic carbocycles. The van der Waals surface area contributed by atoms with Crippen LogP contribution in [-0.2, 0) is 9.53 Å². The third-order valence-electron chi connectivity index (χ3n) is 4.24. The van der Waals surface area contributed by atoms with E-state index >= 15 is 0 Å². The lowest BCUT2D eigenvalue weighted by molar-refractivity contribution is -0.143. The fraction of sp³-hybridized carbons (Fsp3) is 0.500. The summed E-state index contributed by atoms with van der Waals surface area (Å²) in [5.41, 5.74) is 3.05. The van der Waals surface area contributed by atoms with Gasteiger partial charge in [-0.2, -0.15) is 0 Å². The van der Waals surface area contributed by atoms with Crippen molar-refractivity contribution in [3.8, 4) is 0 Å². The van der Waals surface area contributed by atoms with Gasteiger partial charge in [-0.1, -0.05) is 25.5 Å². The van der Waals surface area contributed by atoms with Crippen molar-refractivity contribution < 1.29 is 14.3 Å². The summed E-state index contributed by atoms with van der Waals surface area (Å²) in [6, 6.07) is 7.01. The van der Waals surface area contributed by atoms with Gasteiger partial charge in [-0.15, -0.1) is 0 Å². The van der Waals surface area contributed by atoms with E-state index in [9.17, 15) is 9.59 Å². The van der Waals surface area contributed by atoms with Crippen molar-refractivity contribution in [2.24, 2.45) is 0 Å². The van der Waals surface area contributed by atoms with Crippen LogP contribution >= 0.6 is 0 Å². The Labute approximate surface area is 155 Å². The summed E-state index contributed by atoms with van der Waals surface area (Å²) in [6.07, 6.45) is 2.28. The van der Waals surface area contributed by atoms with Gasteiger partial charge in [0.25, 0.3) is 0 Å². The molecule has 142 valence electrons. The van der Waals surface area contributed by atoms with E-state index < -0.39 is 6.04 Å². The van der Waals surface area contributed by atoms with Gasteiger partial charge in [0.1, 0.15) is 0 Å². The molecule has 0 radical (unpaired) electrons. The topological polar surface area (TPSA) is 70.7 Å². The summed E-state index contributed by atoms with van der Waals surface area (Å²) in [6.45, 7) is 5.72. The molecule has 1 aliphatic heterocycles. The predicted octanol–water partition coefficient (Wildman–Crippen LogP) is 3.50. The third-order valence-corrected chi connectivity index (χ3v) is 4.24. The number of nitrogens with zero attached hydrogens (tertiary/aromatic N) is 1. The molecule has 0 spiro atoms. The number of carbonyl (C=O) groups is 2. The monoisotopic (exact) mass is 359 g/mol. The summed E-state index contributed by atoms with van der Waals surface area (Å²) in [7, 11) is 3.94. The summed E-state index contributed by atoms with van der Waals surface area (Å²) in [5.74, 6) is -0.389. The lowest BCUT2D eigenvalue weighted by atomic mass is 9.93. The number of carbonyl (C=O) groups excluding carboxylic acids is 2. The minimum Gasteiger partial charge on any atom is -0.459 e. The van der Waals surface area contributed by atoms with Gasteiger partial charge in [0.15, 0.2) is 0 Å². The van der Waals surface area contributed by atoms with Crippen LogP contribution in [0.3, 0.4) is 0 Å². The van der Waals surface area contributed by atoms with Crippen molar-refractivity contribution in [1.29, 1.82) is 0 Å². The minimum atomic E-state index is -0.516. The molecule has 1 unspecified atom stereocenters. The first-order chi connectivity index (χ1) is 12.3. The molecule has 1 heterocycles. The second-order valence-corrected chi connectivity index (χ2v) is 6.97. The molecule has 2 amide bonds. The maximum absolute atomic E-state index is 12.8. The van der Waals surface area contributed by atoms with Gasteiger partial charge in [0.2, 0.25) is 0 Å². The van der Waals surface area contributed by atoms with Gasteiger partial charge in [-0.05, 0) is 44.4 Å². The standard InChI is InChI=1S/C20H29N3O3/c1-6-7-8-16-17(19(24)26-13(2)3)18(22-20(25)21-16)14-9-11-15(12-10-14)23(4)5/h9-13,18H,6-8H2,1-5H3,(H2,21,22,25). The Morgan fingerprint density at radius 3 is 2.42 bits per heavy atom. The lowest BCUT2D eigenvalue weighted by Crippen LogP contribution is -2.46. The van der Waals surface area contributed by atoms with Crippen LogP contribution in [0.4, 0.5) is 10.5 Å². The molecule has 6 heteroatoms. The number of urea groups is 1. The largest absolute Gasteiger partial charge is 0.459 e. The highest BCUT2D eigenvalue weighted by Crippen LogP contribution is 2.30. The zero-order valence-electron chi connectivity index (χ0n) is 16.3. The Balaban J connectivity index is 2.44. The number of nitrogens with one attached hydrogen (secondary N) is 2. The summed E-state index contributed by atoms with van der Waals surface area (Å²) >= 11 is 0. The quantitative estimate of drug-likeness (QED) is 0.731. The first-order valence-corrected chi connectivity index (χ1v) is 9.12. The van der Waals surface area contributed by atoms with Crippen molar-refractivity contribution in [2.75, 3.05) is 19.0 Å². The van der Waals surface area contributed by atoms with Gasteiger partial charge >= 0.3 is 12.0 Å². The maximum Gasteiger partial charge on any atom is 0.338 e. The number of ether oxygens (including phenoxy) is 1. The Kier molecular flexibility index (Phi) is 6.66. The van der Waals surface area contributed by atoms with Crippen molar-refractivity contribution >= 4 is 17.7 Å². The molecule has 1 aromatic carbocycles. The molecule has 2 N–H and O–H groups in total. The number of hydrogen-bond donors (Lipinski definition) is 2. The first-order valence-electron chi connectivity index (χ1n) is 9.12. The molecule has 26 heavy (non-hydrogen) atoms. The number of benzene rings is 1. The molecule has 1 atom stereocenters. The molecule has 0 saturated heterocycles. The molecule has 6 nitrogen and oxygen atoms in total. The van der Waals surface area contributed by atoms with Crippen LogP contribution in [-0.4, -0.2) is 32.2 Å². The number of rotatable bonds is 7. The third kappa shape index (κ3) is 4.77. The first kappa shape index (κ1) is 19.8. The maximum atomic E-state index is 12.8. The smallest absolute Gasteiger partial charge is 0.338 e. The second kappa shape index (κ2) is 8.74. The highest BCUT2D eigenvalue weighted by Gasteiger charge is 2.33. The molecule has 0 aromatic heterocycles. The van der Waals surface area contributed by atoms with Gasteiger partial charge < -0.3 is 20.3 Å². The predicted molar refractivity (Wildman–Crippen MR) is 103 cm³/mol. The second-order valence-electron chi connectivity index (χ2n) is 6.97. The molecular formula is C20H29N3O3. The molecule has 0 fully saturated rings. The van der Waals surface area contributed by atoms with E-state index in [0.717, 1.165) is 24.1 Å². The molecule has 0 bridgehead atoms. The fourth-order valence-electron chi connectivity index (χ4n) is 2.90. The number of hydrogen-bond acceptors (Lipinski definition) is 4. The van der Waals surface area contributed by atoms with Crippen molar-refractivity contribution in [1.82, 2.24) is 10.6 Å². The van der Waals surface area contributed by atoms with E-state index in [0.29, 0.717) is 17.7 Å². The zero-order chi connectivity index (χ0) is 19.3. The van der Waals surface area contributed by atoms with Gasteiger partial charge in [0.05, 0.1) is 17.7 Å². The number of unbranched alkanes of at least 4 members (excludes halogenated alkanes) is 1. The van der Waals surface area contributed by atoms with Crippen molar-refractivity contribution in [2.45, 2.75) is 52.2 Å². The number of allylic oxidation sites excluding steroid dienone is 1. The van der Waals surface area contributed by atoms with Crippen LogP contribution in [0.5, 0.6) is 0 Å². The molecular weight excluding hydrogens is 330 g/mol. The van der Waals surface area contributed by atoms with Crippen LogP contribution < -0.4 is 15.5 Å². The van der Waals surface area contributed by atoms with E-state index in [1.165, 1.54) is 0 Å². The van der Waals surface area contributed by atoms with Crippen LogP contribution in [0.25, 0.3) is 0 Å². The normalized spacial score (nSPS) is 17.0. The summed E-state index contributed by atoms with van der Waals surface area (Å²) < 4.78 is 5.45. The summed E-state index contributed by atoms with van der Waals surface area (Å²) in [4.78, 5) is 26.9. The van der Waals surface area contributed by atoms with Gasteiger partial charge in [-0.25, -0.2) is 9.59 Å². The fourth-order valence-corrected chi connectivity index (χ4v) is 2.90.